The van der Waals surface area contributed by atoms with Crippen LogP contribution >= 0.6 is 0 Å². The van der Waals surface area contributed by atoms with Gasteiger partial charge in [0.05, 0.1) is 10.4 Å². The molecule has 0 fully saturated rings. The standard InChI is InChI=1S/C17H17N3O4/c1-17(2,3)13-7-12(21)8-15(16(13)22)19-9-10-6-11(20(23)24)4-5-14(10)18-19/h4-9,21-22H,1-3H3. The lowest BCUT2D eigenvalue weighted by Gasteiger charge is -2.22. The molecule has 0 aliphatic carbocycles. The number of aromatic hydroxyl groups is 2. The molecule has 0 spiro atoms. The first kappa shape index (κ1) is 15.8. The SMILES string of the molecule is CC(C)(C)c1cc(O)cc(-n2cc3cc([N+](=O)[O-])ccc3n2)c1O. The van der Waals surface area contributed by atoms with Crippen molar-refractivity contribution in [3.8, 4) is 17.2 Å². The van der Waals surface area contributed by atoms with E-state index in [4.69, 9.17) is 0 Å². The Hall–Kier alpha value is -3.09. The first-order chi connectivity index (χ1) is 11.2. The molecule has 3 rings (SSSR count). The van der Waals surface area contributed by atoms with Gasteiger partial charge in [0.15, 0.2) is 0 Å². The summed E-state index contributed by atoms with van der Waals surface area (Å²) in [7, 11) is 0. The van der Waals surface area contributed by atoms with Crippen LogP contribution in [0.25, 0.3) is 16.6 Å². The zero-order chi connectivity index (χ0) is 17.6. The maximum absolute atomic E-state index is 10.9. The highest BCUT2D eigenvalue weighted by molar-refractivity contribution is 5.81. The summed E-state index contributed by atoms with van der Waals surface area (Å²) in [6, 6.07) is 7.28. The minimum Gasteiger partial charge on any atom is -0.508 e. The molecule has 0 bridgehead atoms. The number of nitro benzene ring substituents is 1. The third-order valence-corrected chi connectivity index (χ3v) is 3.83. The second kappa shape index (κ2) is 5.23. The van der Waals surface area contributed by atoms with E-state index in [-0.39, 0.29) is 22.6 Å². The highest BCUT2D eigenvalue weighted by Gasteiger charge is 2.23. The van der Waals surface area contributed by atoms with Gasteiger partial charge in [-0.2, -0.15) is 5.10 Å². The normalized spacial score (nSPS) is 11.8. The first-order valence-corrected chi connectivity index (χ1v) is 7.37. The third kappa shape index (κ3) is 2.64. The van der Waals surface area contributed by atoms with Crippen LogP contribution in [-0.4, -0.2) is 24.9 Å². The number of phenols is 2. The Kier molecular flexibility index (Phi) is 3.44. The minimum atomic E-state index is -0.472. The van der Waals surface area contributed by atoms with Crippen LogP contribution in [-0.2, 0) is 5.41 Å². The third-order valence-electron chi connectivity index (χ3n) is 3.83. The van der Waals surface area contributed by atoms with E-state index in [9.17, 15) is 20.3 Å². The summed E-state index contributed by atoms with van der Waals surface area (Å²) < 4.78 is 1.42. The molecule has 124 valence electrons. The Morgan fingerprint density at radius 3 is 2.50 bits per heavy atom. The number of non-ortho nitro benzene ring substituents is 1. The maximum Gasteiger partial charge on any atom is 0.270 e. The van der Waals surface area contributed by atoms with Crippen LogP contribution in [0.4, 0.5) is 5.69 Å². The van der Waals surface area contributed by atoms with E-state index < -0.39 is 4.92 Å². The fraction of sp³-hybridized carbons (Fsp3) is 0.235. The van der Waals surface area contributed by atoms with Gasteiger partial charge in [-0.05, 0) is 17.5 Å². The van der Waals surface area contributed by atoms with Crippen LogP contribution in [0.15, 0.2) is 36.5 Å². The van der Waals surface area contributed by atoms with Crippen molar-refractivity contribution >= 4 is 16.6 Å². The average Bonchev–Trinajstić information content (AvgIpc) is 2.90. The van der Waals surface area contributed by atoms with Gasteiger partial charge in [0.1, 0.15) is 17.2 Å². The maximum atomic E-state index is 10.9. The molecule has 7 heteroatoms. The van der Waals surface area contributed by atoms with E-state index >= 15 is 0 Å². The van der Waals surface area contributed by atoms with Gasteiger partial charge in [-0.3, -0.25) is 10.1 Å². The van der Waals surface area contributed by atoms with Gasteiger partial charge in [-0.1, -0.05) is 20.8 Å². The van der Waals surface area contributed by atoms with E-state index in [1.807, 2.05) is 20.8 Å². The van der Waals surface area contributed by atoms with E-state index in [0.29, 0.717) is 22.2 Å². The van der Waals surface area contributed by atoms with E-state index in [1.54, 1.807) is 12.3 Å². The van der Waals surface area contributed by atoms with Crippen LogP contribution in [0.3, 0.4) is 0 Å². The number of aromatic nitrogens is 2. The van der Waals surface area contributed by atoms with E-state index in [2.05, 4.69) is 5.10 Å². The highest BCUT2D eigenvalue weighted by atomic mass is 16.6. The zero-order valence-electron chi connectivity index (χ0n) is 13.5. The van der Waals surface area contributed by atoms with Crippen molar-refractivity contribution < 1.29 is 15.1 Å². The monoisotopic (exact) mass is 327 g/mol. The molecule has 0 unspecified atom stereocenters. The molecule has 0 saturated carbocycles. The van der Waals surface area contributed by atoms with Crippen molar-refractivity contribution in [2.75, 3.05) is 0 Å². The van der Waals surface area contributed by atoms with Gasteiger partial charge >= 0.3 is 0 Å². The minimum absolute atomic E-state index is 0.0123. The molecule has 0 atom stereocenters. The quantitative estimate of drug-likeness (QED) is 0.425. The largest absolute Gasteiger partial charge is 0.508 e. The zero-order valence-corrected chi connectivity index (χ0v) is 13.5. The molecular formula is C17H17N3O4. The number of phenolic OH excluding ortho intramolecular Hbond substituents is 2. The Balaban J connectivity index is 2.20. The van der Waals surface area contributed by atoms with Crippen LogP contribution < -0.4 is 0 Å². The number of nitro groups is 1. The van der Waals surface area contributed by atoms with Crippen LogP contribution in [0.5, 0.6) is 11.5 Å². The Bertz CT molecular complexity index is 954. The molecule has 0 radical (unpaired) electrons. The lowest BCUT2D eigenvalue weighted by Crippen LogP contribution is -2.12. The van der Waals surface area contributed by atoms with Crippen LogP contribution in [0.1, 0.15) is 26.3 Å². The molecule has 2 aromatic carbocycles. The molecule has 1 aromatic heterocycles. The number of hydrogen-bond donors (Lipinski definition) is 2. The number of hydrogen-bond acceptors (Lipinski definition) is 5. The van der Waals surface area contributed by atoms with Gasteiger partial charge < -0.3 is 10.2 Å². The molecule has 7 nitrogen and oxygen atoms in total. The summed E-state index contributed by atoms with van der Waals surface area (Å²) in [4.78, 5) is 10.4. The van der Waals surface area contributed by atoms with Crippen molar-refractivity contribution in [3.05, 3.63) is 52.2 Å². The Labute approximate surface area is 137 Å². The summed E-state index contributed by atoms with van der Waals surface area (Å²) in [5.74, 6) is 0.0286. The van der Waals surface area contributed by atoms with Crippen molar-refractivity contribution in [2.45, 2.75) is 26.2 Å². The van der Waals surface area contributed by atoms with Gasteiger partial charge in [-0.25, -0.2) is 4.68 Å². The summed E-state index contributed by atoms with van der Waals surface area (Å²) in [6.45, 7) is 5.77. The molecule has 2 N–H and O–H groups in total. The molecule has 0 aliphatic heterocycles. The number of rotatable bonds is 2. The smallest absolute Gasteiger partial charge is 0.270 e. The fourth-order valence-corrected chi connectivity index (χ4v) is 2.60. The lowest BCUT2D eigenvalue weighted by atomic mass is 9.86. The molecule has 1 heterocycles. The van der Waals surface area contributed by atoms with E-state index in [0.717, 1.165) is 0 Å². The van der Waals surface area contributed by atoms with Crippen LogP contribution in [0.2, 0.25) is 0 Å². The fourth-order valence-electron chi connectivity index (χ4n) is 2.60. The second-order valence-corrected chi connectivity index (χ2v) is 6.68. The molecule has 0 aliphatic rings. The molecular weight excluding hydrogens is 310 g/mol. The first-order valence-electron chi connectivity index (χ1n) is 7.37. The molecule has 24 heavy (non-hydrogen) atoms. The van der Waals surface area contributed by atoms with Gasteiger partial charge in [-0.15, -0.1) is 0 Å². The van der Waals surface area contributed by atoms with Gasteiger partial charge in [0.2, 0.25) is 0 Å². The number of nitrogens with zero attached hydrogens (tertiary/aromatic N) is 3. The summed E-state index contributed by atoms with van der Waals surface area (Å²) >= 11 is 0. The summed E-state index contributed by atoms with van der Waals surface area (Å²) in [6.07, 6.45) is 1.59. The second-order valence-electron chi connectivity index (χ2n) is 6.68. The summed E-state index contributed by atoms with van der Waals surface area (Å²) in [5.41, 5.74) is 1.06. The Morgan fingerprint density at radius 2 is 1.88 bits per heavy atom. The lowest BCUT2D eigenvalue weighted by molar-refractivity contribution is -0.384. The van der Waals surface area contributed by atoms with Crippen molar-refractivity contribution in [1.82, 2.24) is 9.78 Å². The Morgan fingerprint density at radius 1 is 1.17 bits per heavy atom. The predicted molar refractivity (Wildman–Crippen MR) is 89.8 cm³/mol. The number of benzene rings is 2. The van der Waals surface area contributed by atoms with Crippen molar-refractivity contribution in [3.63, 3.8) is 0 Å². The van der Waals surface area contributed by atoms with Crippen molar-refractivity contribution in [1.29, 1.82) is 0 Å². The van der Waals surface area contributed by atoms with Gasteiger partial charge in [0.25, 0.3) is 5.69 Å². The number of fused-ring (bicyclic) bond motifs is 1. The average molecular weight is 327 g/mol. The molecule has 0 amide bonds. The molecule has 0 saturated heterocycles. The van der Waals surface area contributed by atoms with Gasteiger partial charge in [0, 0.05) is 35.3 Å². The summed E-state index contributed by atoms with van der Waals surface area (Å²) in [5, 5.41) is 36.4. The predicted octanol–water partition coefficient (Wildman–Crippen LogP) is 3.64. The molecule has 3 aromatic rings. The highest BCUT2D eigenvalue weighted by Crippen LogP contribution is 2.38. The van der Waals surface area contributed by atoms with E-state index in [1.165, 1.54) is 28.9 Å². The van der Waals surface area contributed by atoms with Crippen LogP contribution in [0, 0.1) is 10.1 Å². The van der Waals surface area contributed by atoms with Crippen molar-refractivity contribution in [2.24, 2.45) is 0 Å². The topological polar surface area (TPSA) is 101 Å².